The standard InChI is InChI=1S/C14H13Cl2N2O6P/c1-8(25(21,22)23)17-12-7-10(3-4-13(12)18(19)20)24-14-5-2-9(15)6-11(14)16/h2-8,17H,1H3,(H2,21,22,23). The fraction of sp³-hybridized carbons (Fsp3) is 0.143. The molecule has 2 aromatic carbocycles. The van der Waals surface area contributed by atoms with E-state index in [4.69, 9.17) is 37.7 Å². The van der Waals surface area contributed by atoms with E-state index >= 15 is 0 Å². The first-order valence-electron chi connectivity index (χ1n) is 6.81. The lowest BCUT2D eigenvalue weighted by atomic mass is 10.2. The third-order valence-electron chi connectivity index (χ3n) is 3.16. The van der Waals surface area contributed by atoms with Gasteiger partial charge in [-0.3, -0.25) is 14.7 Å². The highest BCUT2D eigenvalue weighted by Gasteiger charge is 2.26. The number of anilines is 1. The Morgan fingerprint density at radius 3 is 2.48 bits per heavy atom. The summed E-state index contributed by atoms with van der Waals surface area (Å²) in [6.07, 6.45) is 0. The van der Waals surface area contributed by atoms with E-state index in [-0.39, 0.29) is 27.9 Å². The third-order valence-corrected chi connectivity index (χ3v) is 4.82. The predicted molar refractivity (Wildman–Crippen MR) is 94.8 cm³/mol. The Balaban J connectivity index is 2.36. The van der Waals surface area contributed by atoms with Crippen molar-refractivity contribution in [2.45, 2.75) is 12.7 Å². The lowest BCUT2D eigenvalue weighted by molar-refractivity contribution is -0.384. The van der Waals surface area contributed by atoms with Gasteiger partial charge in [0.25, 0.3) is 5.69 Å². The molecule has 0 saturated heterocycles. The van der Waals surface area contributed by atoms with E-state index in [0.29, 0.717) is 5.02 Å². The van der Waals surface area contributed by atoms with Gasteiger partial charge in [0.2, 0.25) is 0 Å². The molecule has 134 valence electrons. The highest BCUT2D eigenvalue weighted by atomic mass is 35.5. The first kappa shape index (κ1) is 19.5. The maximum absolute atomic E-state index is 11.3. The van der Waals surface area contributed by atoms with Crippen LogP contribution in [0.1, 0.15) is 6.92 Å². The van der Waals surface area contributed by atoms with Crippen molar-refractivity contribution < 1.29 is 24.0 Å². The van der Waals surface area contributed by atoms with Crippen molar-refractivity contribution in [2.75, 3.05) is 5.32 Å². The number of halogens is 2. The Morgan fingerprint density at radius 1 is 1.24 bits per heavy atom. The number of nitro groups is 1. The molecule has 0 heterocycles. The molecule has 0 aliphatic rings. The quantitative estimate of drug-likeness (QED) is 0.363. The minimum Gasteiger partial charge on any atom is -0.456 e. The molecule has 1 atom stereocenters. The largest absolute Gasteiger partial charge is 0.456 e. The van der Waals surface area contributed by atoms with Gasteiger partial charge in [0, 0.05) is 17.2 Å². The maximum Gasteiger partial charge on any atom is 0.347 e. The van der Waals surface area contributed by atoms with Gasteiger partial charge in [-0.05, 0) is 31.2 Å². The van der Waals surface area contributed by atoms with Crippen molar-refractivity contribution in [3.63, 3.8) is 0 Å². The molecule has 0 bridgehead atoms. The van der Waals surface area contributed by atoms with E-state index in [1.165, 1.54) is 31.2 Å². The molecular formula is C14H13Cl2N2O6P. The molecule has 11 heteroatoms. The highest BCUT2D eigenvalue weighted by Crippen LogP contribution is 2.43. The Hall–Kier alpha value is -1.83. The SMILES string of the molecule is CC(Nc1cc(Oc2ccc(Cl)cc2Cl)ccc1[N+](=O)[O-])P(=O)(O)O. The molecule has 3 N–H and O–H groups in total. The number of nitrogens with one attached hydrogen (secondary N) is 1. The first-order valence-corrected chi connectivity index (χ1v) is 9.25. The summed E-state index contributed by atoms with van der Waals surface area (Å²) < 4.78 is 16.8. The lowest BCUT2D eigenvalue weighted by Gasteiger charge is -2.17. The molecule has 1 unspecified atom stereocenters. The number of benzene rings is 2. The van der Waals surface area contributed by atoms with E-state index in [1.54, 1.807) is 6.07 Å². The minimum atomic E-state index is -4.48. The van der Waals surface area contributed by atoms with Crippen LogP contribution >= 0.6 is 30.8 Å². The smallest absolute Gasteiger partial charge is 0.347 e. The molecule has 2 rings (SSSR count). The van der Waals surface area contributed by atoms with Gasteiger partial charge in [-0.1, -0.05) is 23.2 Å². The molecule has 8 nitrogen and oxygen atoms in total. The predicted octanol–water partition coefficient (Wildman–Crippen LogP) is 4.63. The molecular weight excluding hydrogens is 394 g/mol. The van der Waals surface area contributed by atoms with Crippen molar-refractivity contribution in [3.8, 4) is 11.5 Å². The summed E-state index contributed by atoms with van der Waals surface area (Å²) >= 11 is 11.8. The fourth-order valence-corrected chi connectivity index (χ4v) is 2.60. The summed E-state index contributed by atoms with van der Waals surface area (Å²) in [6, 6.07) is 8.32. The zero-order valence-electron chi connectivity index (χ0n) is 12.7. The molecule has 0 spiro atoms. The zero-order chi connectivity index (χ0) is 18.8. The van der Waals surface area contributed by atoms with E-state index in [9.17, 15) is 14.7 Å². The molecule has 0 radical (unpaired) electrons. The molecule has 0 amide bonds. The van der Waals surface area contributed by atoms with Crippen LogP contribution in [0.4, 0.5) is 11.4 Å². The van der Waals surface area contributed by atoms with Crippen LogP contribution in [0, 0.1) is 10.1 Å². The summed E-state index contributed by atoms with van der Waals surface area (Å²) in [5.74, 6) is -0.857. The second kappa shape index (κ2) is 7.59. The Morgan fingerprint density at radius 2 is 1.92 bits per heavy atom. The minimum absolute atomic E-state index is 0.0941. The first-order chi connectivity index (χ1) is 11.6. The van der Waals surface area contributed by atoms with Crippen LogP contribution in [0.2, 0.25) is 10.0 Å². The van der Waals surface area contributed by atoms with E-state index in [2.05, 4.69) is 5.32 Å². The van der Waals surface area contributed by atoms with Crippen molar-refractivity contribution in [2.24, 2.45) is 0 Å². The molecule has 25 heavy (non-hydrogen) atoms. The Labute approximate surface area is 152 Å². The third kappa shape index (κ3) is 5.07. The Kier molecular flexibility index (Phi) is 5.92. The van der Waals surface area contributed by atoms with E-state index in [1.807, 2.05) is 0 Å². The molecule has 0 fully saturated rings. The highest BCUT2D eigenvalue weighted by molar-refractivity contribution is 7.52. The number of ether oxygens (including phenoxy) is 1. The van der Waals surface area contributed by atoms with Gasteiger partial charge in [0.05, 0.1) is 9.95 Å². The lowest BCUT2D eigenvalue weighted by Crippen LogP contribution is -2.16. The van der Waals surface area contributed by atoms with Crippen molar-refractivity contribution >= 4 is 42.2 Å². The van der Waals surface area contributed by atoms with Crippen molar-refractivity contribution in [1.29, 1.82) is 0 Å². The molecule has 0 aliphatic carbocycles. The van der Waals surface area contributed by atoms with Gasteiger partial charge in [-0.15, -0.1) is 0 Å². The van der Waals surface area contributed by atoms with E-state index < -0.39 is 18.3 Å². The van der Waals surface area contributed by atoms with Gasteiger partial charge in [0.1, 0.15) is 23.0 Å². The number of nitro benzene ring substituents is 1. The summed E-state index contributed by atoms with van der Waals surface area (Å²) in [6.45, 7) is 1.22. The van der Waals surface area contributed by atoms with Crippen LogP contribution < -0.4 is 10.1 Å². The average molecular weight is 407 g/mol. The van der Waals surface area contributed by atoms with Gasteiger partial charge >= 0.3 is 7.60 Å². The van der Waals surface area contributed by atoms with Crippen molar-refractivity contribution in [1.82, 2.24) is 0 Å². The molecule has 0 aromatic heterocycles. The summed E-state index contributed by atoms with van der Waals surface area (Å²) in [5.41, 5.74) is -0.446. The Bertz CT molecular complexity index is 857. The molecule has 2 aromatic rings. The van der Waals surface area contributed by atoms with Crippen LogP contribution in [0.3, 0.4) is 0 Å². The van der Waals surface area contributed by atoms with Gasteiger partial charge in [-0.25, -0.2) is 0 Å². The van der Waals surface area contributed by atoms with Crippen LogP contribution in [0.15, 0.2) is 36.4 Å². The summed E-state index contributed by atoms with van der Waals surface area (Å²) in [4.78, 5) is 28.8. The maximum atomic E-state index is 11.3. The topological polar surface area (TPSA) is 122 Å². The van der Waals surface area contributed by atoms with Gasteiger partial charge in [0.15, 0.2) is 0 Å². The molecule has 0 saturated carbocycles. The van der Waals surface area contributed by atoms with Crippen LogP contribution in [0.5, 0.6) is 11.5 Å². The van der Waals surface area contributed by atoms with Crippen LogP contribution in [0.25, 0.3) is 0 Å². The fourth-order valence-electron chi connectivity index (χ4n) is 1.85. The monoisotopic (exact) mass is 406 g/mol. The molecule has 0 aliphatic heterocycles. The zero-order valence-corrected chi connectivity index (χ0v) is 15.1. The average Bonchev–Trinajstić information content (AvgIpc) is 2.49. The van der Waals surface area contributed by atoms with Gasteiger partial charge < -0.3 is 19.8 Å². The van der Waals surface area contributed by atoms with Crippen LogP contribution in [-0.2, 0) is 4.57 Å². The van der Waals surface area contributed by atoms with Crippen LogP contribution in [-0.4, -0.2) is 20.5 Å². The van der Waals surface area contributed by atoms with Gasteiger partial charge in [-0.2, -0.15) is 0 Å². The number of hydrogen-bond acceptors (Lipinski definition) is 5. The van der Waals surface area contributed by atoms with Crippen molar-refractivity contribution in [3.05, 3.63) is 56.6 Å². The number of rotatable bonds is 6. The number of nitrogens with zero attached hydrogens (tertiary/aromatic N) is 1. The summed E-state index contributed by atoms with van der Waals surface area (Å²) in [5, 5.41) is 14.2. The van der Waals surface area contributed by atoms with E-state index in [0.717, 1.165) is 6.07 Å². The normalized spacial score (nSPS) is 12.5. The summed E-state index contributed by atoms with van der Waals surface area (Å²) in [7, 11) is -4.48. The second-order valence-electron chi connectivity index (χ2n) is 5.02. The number of hydrogen-bond donors (Lipinski definition) is 3. The second-order valence-corrected chi connectivity index (χ2v) is 7.82.